The molecule has 0 aliphatic rings. The number of aromatic nitrogens is 2. The SMILES string of the molecule is COCCN(CCC(=O)OC)Cc1cnc(Cl)cn1. The number of nitrogens with zero attached hydrogens (tertiary/aromatic N) is 3. The fraction of sp³-hybridized carbons (Fsp3) is 0.583. The van der Waals surface area contributed by atoms with Gasteiger partial charge in [0.25, 0.3) is 0 Å². The summed E-state index contributed by atoms with van der Waals surface area (Å²) in [6.07, 6.45) is 3.47. The molecule has 0 fully saturated rings. The number of esters is 1. The fourth-order valence-corrected chi connectivity index (χ4v) is 1.59. The van der Waals surface area contributed by atoms with E-state index >= 15 is 0 Å². The average molecular weight is 288 g/mol. The van der Waals surface area contributed by atoms with Crippen molar-refractivity contribution in [2.75, 3.05) is 33.9 Å². The largest absolute Gasteiger partial charge is 0.469 e. The van der Waals surface area contributed by atoms with E-state index in [4.69, 9.17) is 16.3 Å². The predicted molar refractivity (Wildman–Crippen MR) is 70.8 cm³/mol. The summed E-state index contributed by atoms with van der Waals surface area (Å²) in [6.45, 7) is 2.46. The first-order valence-electron chi connectivity index (χ1n) is 5.90. The van der Waals surface area contributed by atoms with Crippen molar-refractivity contribution < 1.29 is 14.3 Å². The molecule has 0 amide bonds. The molecule has 0 radical (unpaired) electrons. The zero-order chi connectivity index (χ0) is 14.1. The van der Waals surface area contributed by atoms with E-state index in [0.717, 1.165) is 5.69 Å². The Hall–Kier alpha value is -1.24. The maximum atomic E-state index is 11.2. The number of hydrogen-bond donors (Lipinski definition) is 0. The number of ether oxygens (including phenoxy) is 2. The normalized spacial score (nSPS) is 10.7. The van der Waals surface area contributed by atoms with E-state index in [1.54, 1.807) is 13.3 Å². The number of carbonyl (C=O) groups excluding carboxylic acids is 1. The molecule has 0 unspecified atom stereocenters. The summed E-state index contributed by atoms with van der Waals surface area (Å²) in [7, 11) is 3.02. The third-order valence-corrected chi connectivity index (χ3v) is 2.73. The smallest absolute Gasteiger partial charge is 0.306 e. The van der Waals surface area contributed by atoms with Crippen molar-refractivity contribution >= 4 is 17.6 Å². The monoisotopic (exact) mass is 287 g/mol. The Balaban J connectivity index is 2.52. The summed E-state index contributed by atoms with van der Waals surface area (Å²) in [5.74, 6) is -0.232. The second-order valence-corrected chi connectivity index (χ2v) is 4.31. The highest BCUT2D eigenvalue weighted by molar-refractivity contribution is 6.29. The van der Waals surface area contributed by atoms with Crippen LogP contribution in [0.4, 0.5) is 0 Å². The topological polar surface area (TPSA) is 64.5 Å². The Kier molecular flexibility index (Phi) is 7.32. The minimum atomic E-state index is -0.232. The third kappa shape index (κ3) is 6.47. The Bertz CT molecular complexity index is 386. The number of halogens is 1. The van der Waals surface area contributed by atoms with Gasteiger partial charge in [0.1, 0.15) is 5.15 Å². The molecule has 0 bridgehead atoms. The van der Waals surface area contributed by atoms with Crippen molar-refractivity contribution in [2.45, 2.75) is 13.0 Å². The molecule has 1 heterocycles. The van der Waals surface area contributed by atoms with Gasteiger partial charge in [0, 0.05) is 26.7 Å². The zero-order valence-corrected chi connectivity index (χ0v) is 11.9. The maximum absolute atomic E-state index is 11.2. The fourth-order valence-electron chi connectivity index (χ4n) is 1.49. The van der Waals surface area contributed by atoms with E-state index in [1.807, 2.05) is 0 Å². The van der Waals surface area contributed by atoms with E-state index < -0.39 is 0 Å². The van der Waals surface area contributed by atoms with Gasteiger partial charge in [-0.05, 0) is 0 Å². The first-order chi connectivity index (χ1) is 9.15. The average Bonchev–Trinajstić information content (AvgIpc) is 2.43. The Labute approximate surface area is 117 Å². The molecule has 1 rings (SSSR count). The molecule has 0 N–H and O–H groups in total. The molecular formula is C12H18ClN3O3. The zero-order valence-electron chi connectivity index (χ0n) is 11.1. The molecule has 0 aliphatic carbocycles. The summed E-state index contributed by atoms with van der Waals surface area (Å²) in [5.41, 5.74) is 0.797. The van der Waals surface area contributed by atoms with Gasteiger partial charge in [-0.25, -0.2) is 4.98 Å². The highest BCUT2D eigenvalue weighted by atomic mass is 35.5. The predicted octanol–water partition coefficient (Wildman–Crippen LogP) is 1.14. The molecule has 19 heavy (non-hydrogen) atoms. The van der Waals surface area contributed by atoms with E-state index in [2.05, 4.69) is 19.6 Å². The van der Waals surface area contributed by atoms with Crippen LogP contribution in [0.25, 0.3) is 0 Å². The van der Waals surface area contributed by atoms with Crippen molar-refractivity contribution in [3.63, 3.8) is 0 Å². The summed E-state index contributed by atoms with van der Waals surface area (Å²) < 4.78 is 9.68. The molecule has 7 heteroatoms. The quantitative estimate of drug-likeness (QED) is 0.668. The van der Waals surface area contributed by atoms with Gasteiger partial charge in [-0.1, -0.05) is 11.6 Å². The molecule has 0 saturated heterocycles. The highest BCUT2D eigenvalue weighted by Crippen LogP contribution is 2.05. The molecule has 106 valence electrons. The number of carbonyl (C=O) groups is 1. The number of hydrogen-bond acceptors (Lipinski definition) is 6. The summed E-state index contributed by atoms with van der Waals surface area (Å²) in [4.78, 5) is 21.4. The van der Waals surface area contributed by atoms with Crippen LogP contribution in [0.1, 0.15) is 12.1 Å². The van der Waals surface area contributed by atoms with Gasteiger partial charge in [-0.15, -0.1) is 0 Å². The molecule has 6 nitrogen and oxygen atoms in total. The molecule has 0 spiro atoms. The molecule has 1 aromatic heterocycles. The van der Waals surface area contributed by atoms with Crippen molar-refractivity contribution in [2.24, 2.45) is 0 Å². The minimum absolute atomic E-state index is 0.232. The minimum Gasteiger partial charge on any atom is -0.469 e. The molecule has 1 aromatic rings. The van der Waals surface area contributed by atoms with Crippen LogP contribution < -0.4 is 0 Å². The van der Waals surface area contributed by atoms with Gasteiger partial charge >= 0.3 is 5.97 Å². The standard InChI is InChI=1S/C12H18ClN3O3/c1-18-6-5-16(4-3-12(17)19-2)9-10-7-15-11(13)8-14-10/h7-8H,3-6,9H2,1-2H3. The van der Waals surface area contributed by atoms with E-state index in [-0.39, 0.29) is 5.97 Å². The van der Waals surface area contributed by atoms with Crippen LogP contribution >= 0.6 is 11.6 Å². The van der Waals surface area contributed by atoms with Gasteiger partial charge in [-0.2, -0.15) is 0 Å². The van der Waals surface area contributed by atoms with E-state index in [1.165, 1.54) is 13.3 Å². The van der Waals surface area contributed by atoms with Crippen molar-refractivity contribution in [3.8, 4) is 0 Å². The maximum Gasteiger partial charge on any atom is 0.306 e. The Morgan fingerprint density at radius 3 is 2.68 bits per heavy atom. The van der Waals surface area contributed by atoms with Gasteiger partial charge in [-0.3, -0.25) is 14.7 Å². The van der Waals surface area contributed by atoms with Crippen LogP contribution in [0.15, 0.2) is 12.4 Å². The Morgan fingerprint density at radius 2 is 2.11 bits per heavy atom. The first kappa shape index (κ1) is 15.8. The first-order valence-corrected chi connectivity index (χ1v) is 6.28. The molecular weight excluding hydrogens is 270 g/mol. The van der Waals surface area contributed by atoms with E-state index in [0.29, 0.717) is 37.8 Å². The summed E-state index contributed by atoms with van der Waals surface area (Å²) in [5, 5.41) is 0.363. The molecule has 0 aromatic carbocycles. The van der Waals surface area contributed by atoms with Crippen molar-refractivity contribution in [1.29, 1.82) is 0 Å². The van der Waals surface area contributed by atoms with Crippen molar-refractivity contribution in [3.05, 3.63) is 23.2 Å². The van der Waals surface area contributed by atoms with Crippen LogP contribution in [0.3, 0.4) is 0 Å². The lowest BCUT2D eigenvalue weighted by Crippen LogP contribution is -2.30. The van der Waals surface area contributed by atoms with Crippen LogP contribution in [-0.2, 0) is 20.8 Å². The molecule has 0 saturated carbocycles. The Morgan fingerprint density at radius 1 is 1.32 bits per heavy atom. The number of rotatable bonds is 8. The van der Waals surface area contributed by atoms with Crippen LogP contribution in [0.5, 0.6) is 0 Å². The van der Waals surface area contributed by atoms with Crippen LogP contribution in [0.2, 0.25) is 5.15 Å². The van der Waals surface area contributed by atoms with Gasteiger partial charge in [0.2, 0.25) is 0 Å². The van der Waals surface area contributed by atoms with Crippen LogP contribution in [-0.4, -0.2) is 54.8 Å². The number of methoxy groups -OCH3 is 2. The van der Waals surface area contributed by atoms with Crippen molar-refractivity contribution in [1.82, 2.24) is 14.9 Å². The lowest BCUT2D eigenvalue weighted by atomic mass is 10.3. The van der Waals surface area contributed by atoms with Gasteiger partial charge < -0.3 is 9.47 Å². The highest BCUT2D eigenvalue weighted by Gasteiger charge is 2.10. The second-order valence-electron chi connectivity index (χ2n) is 3.93. The third-order valence-electron chi connectivity index (χ3n) is 2.53. The van der Waals surface area contributed by atoms with Crippen LogP contribution in [0, 0.1) is 0 Å². The lowest BCUT2D eigenvalue weighted by molar-refractivity contribution is -0.141. The van der Waals surface area contributed by atoms with Gasteiger partial charge in [0.05, 0.1) is 38.2 Å². The van der Waals surface area contributed by atoms with Gasteiger partial charge in [0.15, 0.2) is 0 Å². The summed E-state index contributed by atoms with van der Waals surface area (Å²) >= 11 is 5.68. The second kappa shape index (κ2) is 8.79. The lowest BCUT2D eigenvalue weighted by Gasteiger charge is -2.20. The summed E-state index contributed by atoms with van der Waals surface area (Å²) in [6, 6.07) is 0. The molecule has 0 atom stereocenters. The van der Waals surface area contributed by atoms with E-state index in [9.17, 15) is 4.79 Å². The molecule has 0 aliphatic heterocycles.